The van der Waals surface area contributed by atoms with Gasteiger partial charge >= 0.3 is 0 Å². The van der Waals surface area contributed by atoms with Gasteiger partial charge in [0.1, 0.15) is 5.82 Å². The van der Waals surface area contributed by atoms with Gasteiger partial charge in [0, 0.05) is 24.6 Å². The Morgan fingerprint density at radius 1 is 1.44 bits per heavy atom. The van der Waals surface area contributed by atoms with Gasteiger partial charge in [-0.1, -0.05) is 0 Å². The molecule has 0 aliphatic rings. The molecule has 0 unspecified atom stereocenters. The predicted molar refractivity (Wildman–Crippen MR) is 61.9 cm³/mol. The zero-order valence-corrected chi connectivity index (χ0v) is 9.15. The number of nitrogens with one attached hydrogen (secondary N) is 1. The molecule has 0 atom stereocenters. The average Bonchev–Trinajstić information content (AvgIpc) is 2.74. The number of anilines is 1. The Kier molecular flexibility index (Phi) is 3.19. The van der Waals surface area contributed by atoms with E-state index in [-0.39, 0.29) is 5.82 Å². The number of nitrogens with zero attached hydrogens (tertiary/aromatic N) is 2. The molecule has 0 fully saturated rings. The first-order chi connectivity index (χ1) is 7.75. The highest BCUT2D eigenvalue weighted by molar-refractivity contribution is 5.50. The zero-order chi connectivity index (χ0) is 11.4. The fraction of sp³-hybridized carbons (Fsp3) is 0.250. The number of hydrogen-bond donors (Lipinski definition) is 1. The summed E-state index contributed by atoms with van der Waals surface area (Å²) in [6, 6.07) is 6.64. The van der Waals surface area contributed by atoms with Crippen molar-refractivity contribution in [2.45, 2.75) is 13.5 Å². The number of benzene rings is 1. The molecule has 1 N–H and O–H groups in total. The van der Waals surface area contributed by atoms with Crippen LogP contribution >= 0.6 is 0 Å². The average molecular weight is 219 g/mol. The molecule has 0 saturated heterocycles. The number of rotatable bonds is 4. The van der Waals surface area contributed by atoms with Gasteiger partial charge in [-0.05, 0) is 36.8 Å². The van der Waals surface area contributed by atoms with Crippen LogP contribution in [0.4, 0.5) is 10.1 Å². The Morgan fingerprint density at radius 2 is 2.31 bits per heavy atom. The summed E-state index contributed by atoms with van der Waals surface area (Å²) in [4.78, 5) is 0. The Balaban J connectivity index is 1.90. The van der Waals surface area contributed by atoms with E-state index in [9.17, 15) is 4.39 Å². The van der Waals surface area contributed by atoms with Gasteiger partial charge in [-0.3, -0.25) is 4.68 Å². The third-order valence-corrected chi connectivity index (χ3v) is 2.40. The molecule has 1 aromatic carbocycles. The van der Waals surface area contributed by atoms with Gasteiger partial charge in [-0.2, -0.15) is 5.10 Å². The summed E-state index contributed by atoms with van der Waals surface area (Å²) in [6.07, 6.45) is 3.67. The predicted octanol–water partition coefficient (Wildman–Crippen LogP) is 2.44. The maximum Gasteiger partial charge on any atom is 0.123 e. The van der Waals surface area contributed by atoms with E-state index in [0.29, 0.717) is 0 Å². The van der Waals surface area contributed by atoms with Crippen LogP contribution in [0.3, 0.4) is 0 Å². The quantitative estimate of drug-likeness (QED) is 0.856. The van der Waals surface area contributed by atoms with E-state index < -0.39 is 0 Å². The molecule has 0 radical (unpaired) electrons. The van der Waals surface area contributed by atoms with Crippen molar-refractivity contribution < 1.29 is 4.39 Å². The van der Waals surface area contributed by atoms with Crippen LogP contribution in [-0.4, -0.2) is 16.3 Å². The summed E-state index contributed by atoms with van der Waals surface area (Å²) in [5, 5.41) is 7.35. The van der Waals surface area contributed by atoms with E-state index in [2.05, 4.69) is 10.4 Å². The lowest BCUT2D eigenvalue weighted by atomic mass is 10.2. The standard InChI is InChI=1S/C12H14FN3/c1-10-9-11(13)3-4-12(10)14-6-8-16-7-2-5-15-16/h2-5,7,9,14H,6,8H2,1H3. The van der Waals surface area contributed by atoms with E-state index in [1.165, 1.54) is 12.1 Å². The van der Waals surface area contributed by atoms with Crippen molar-refractivity contribution in [3.63, 3.8) is 0 Å². The van der Waals surface area contributed by atoms with Gasteiger partial charge in [0.05, 0.1) is 6.54 Å². The van der Waals surface area contributed by atoms with Crippen LogP contribution in [0.5, 0.6) is 0 Å². The van der Waals surface area contributed by atoms with Gasteiger partial charge in [0.15, 0.2) is 0 Å². The third kappa shape index (κ3) is 2.59. The van der Waals surface area contributed by atoms with Gasteiger partial charge in [-0.15, -0.1) is 0 Å². The molecule has 0 aliphatic carbocycles. The van der Waals surface area contributed by atoms with Crippen LogP contribution in [0.2, 0.25) is 0 Å². The fourth-order valence-corrected chi connectivity index (χ4v) is 1.56. The monoisotopic (exact) mass is 219 g/mol. The normalized spacial score (nSPS) is 10.4. The van der Waals surface area contributed by atoms with E-state index in [1.807, 2.05) is 23.9 Å². The topological polar surface area (TPSA) is 29.9 Å². The molecule has 16 heavy (non-hydrogen) atoms. The summed E-state index contributed by atoms with van der Waals surface area (Å²) >= 11 is 0. The molecular formula is C12H14FN3. The lowest BCUT2D eigenvalue weighted by molar-refractivity contribution is 0.625. The van der Waals surface area contributed by atoms with E-state index in [4.69, 9.17) is 0 Å². The second kappa shape index (κ2) is 4.79. The van der Waals surface area contributed by atoms with Gasteiger partial charge < -0.3 is 5.32 Å². The first-order valence-electron chi connectivity index (χ1n) is 5.23. The second-order valence-corrected chi connectivity index (χ2v) is 3.66. The largest absolute Gasteiger partial charge is 0.383 e. The van der Waals surface area contributed by atoms with Gasteiger partial charge in [0.25, 0.3) is 0 Å². The van der Waals surface area contributed by atoms with Crippen LogP contribution in [0.25, 0.3) is 0 Å². The van der Waals surface area contributed by atoms with Crippen molar-refractivity contribution in [1.29, 1.82) is 0 Å². The smallest absolute Gasteiger partial charge is 0.123 e. The van der Waals surface area contributed by atoms with Crippen molar-refractivity contribution in [3.05, 3.63) is 48.0 Å². The van der Waals surface area contributed by atoms with Crippen molar-refractivity contribution in [3.8, 4) is 0 Å². The Hall–Kier alpha value is -1.84. The Morgan fingerprint density at radius 3 is 3.00 bits per heavy atom. The number of halogens is 1. The minimum absolute atomic E-state index is 0.199. The molecule has 0 bridgehead atoms. The van der Waals surface area contributed by atoms with Gasteiger partial charge in [0.2, 0.25) is 0 Å². The molecule has 1 heterocycles. The lowest BCUT2D eigenvalue weighted by Crippen LogP contribution is -2.11. The Bertz CT molecular complexity index is 451. The first kappa shape index (κ1) is 10.7. The van der Waals surface area contributed by atoms with Crippen LogP contribution in [0.15, 0.2) is 36.7 Å². The van der Waals surface area contributed by atoms with Crippen LogP contribution < -0.4 is 5.32 Å². The van der Waals surface area contributed by atoms with Crippen molar-refractivity contribution in [1.82, 2.24) is 9.78 Å². The summed E-state index contributed by atoms with van der Waals surface area (Å²) in [5.41, 5.74) is 1.88. The molecular weight excluding hydrogens is 205 g/mol. The maximum absolute atomic E-state index is 12.9. The van der Waals surface area contributed by atoms with E-state index in [1.54, 1.807) is 12.3 Å². The molecule has 0 spiro atoms. The molecule has 0 saturated carbocycles. The molecule has 3 nitrogen and oxygen atoms in total. The number of aromatic nitrogens is 2. The maximum atomic E-state index is 12.9. The lowest BCUT2D eigenvalue weighted by Gasteiger charge is -2.09. The summed E-state index contributed by atoms with van der Waals surface area (Å²) in [6.45, 7) is 3.46. The highest BCUT2D eigenvalue weighted by Gasteiger charge is 1.99. The minimum Gasteiger partial charge on any atom is -0.383 e. The van der Waals surface area contributed by atoms with Crippen molar-refractivity contribution >= 4 is 5.69 Å². The molecule has 2 rings (SSSR count). The highest BCUT2D eigenvalue weighted by Crippen LogP contribution is 2.15. The summed E-state index contributed by atoms with van der Waals surface area (Å²) in [5.74, 6) is -0.199. The molecule has 1 aromatic heterocycles. The molecule has 84 valence electrons. The molecule has 2 aromatic rings. The van der Waals surface area contributed by atoms with Crippen LogP contribution in [0.1, 0.15) is 5.56 Å². The number of hydrogen-bond acceptors (Lipinski definition) is 2. The molecule has 0 aliphatic heterocycles. The highest BCUT2D eigenvalue weighted by atomic mass is 19.1. The third-order valence-electron chi connectivity index (χ3n) is 2.40. The SMILES string of the molecule is Cc1cc(F)ccc1NCCn1cccn1. The first-order valence-corrected chi connectivity index (χ1v) is 5.23. The van der Waals surface area contributed by atoms with Crippen molar-refractivity contribution in [2.24, 2.45) is 0 Å². The summed E-state index contributed by atoms with van der Waals surface area (Å²) in [7, 11) is 0. The van der Waals surface area contributed by atoms with E-state index in [0.717, 1.165) is 24.3 Å². The molecule has 4 heteroatoms. The van der Waals surface area contributed by atoms with Gasteiger partial charge in [-0.25, -0.2) is 4.39 Å². The zero-order valence-electron chi connectivity index (χ0n) is 9.15. The van der Waals surface area contributed by atoms with Crippen molar-refractivity contribution in [2.75, 3.05) is 11.9 Å². The van der Waals surface area contributed by atoms with Crippen LogP contribution in [-0.2, 0) is 6.54 Å². The molecule has 0 amide bonds. The number of aryl methyl sites for hydroxylation is 1. The van der Waals surface area contributed by atoms with E-state index >= 15 is 0 Å². The Labute approximate surface area is 93.9 Å². The minimum atomic E-state index is -0.199. The fourth-order valence-electron chi connectivity index (χ4n) is 1.56. The summed E-state index contributed by atoms with van der Waals surface area (Å²) < 4.78 is 14.7. The van der Waals surface area contributed by atoms with Crippen LogP contribution in [0, 0.1) is 12.7 Å². The second-order valence-electron chi connectivity index (χ2n) is 3.66.